The molecule has 0 fully saturated rings. The Bertz CT molecular complexity index is 218. The van der Waals surface area contributed by atoms with E-state index in [1.165, 1.54) is 18.4 Å². The van der Waals surface area contributed by atoms with Gasteiger partial charge in [0, 0.05) is 6.54 Å². The SMILES string of the molecule is CC(C[NH])CCCc1ccccc1. The summed E-state index contributed by atoms with van der Waals surface area (Å²) in [5.74, 6) is 0.559. The third kappa shape index (κ3) is 4.09. The van der Waals surface area contributed by atoms with E-state index < -0.39 is 0 Å². The van der Waals surface area contributed by atoms with Crippen LogP contribution in [0.5, 0.6) is 0 Å². The molecule has 71 valence electrons. The highest BCUT2D eigenvalue weighted by Crippen LogP contribution is 2.09. The number of hydrogen-bond acceptors (Lipinski definition) is 0. The molecule has 1 atom stereocenters. The van der Waals surface area contributed by atoms with E-state index in [2.05, 4.69) is 37.3 Å². The van der Waals surface area contributed by atoms with Crippen molar-refractivity contribution in [3.63, 3.8) is 0 Å². The first kappa shape index (κ1) is 10.3. The van der Waals surface area contributed by atoms with Gasteiger partial charge in [-0.05, 0) is 30.7 Å². The van der Waals surface area contributed by atoms with Gasteiger partial charge in [-0.15, -0.1) is 0 Å². The summed E-state index contributed by atoms with van der Waals surface area (Å²) in [6.07, 6.45) is 3.55. The van der Waals surface area contributed by atoms with Gasteiger partial charge in [0.1, 0.15) is 0 Å². The Morgan fingerprint density at radius 2 is 1.92 bits per heavy atom. The molecule has 1 nitrogen and oxygen atoms in total. The predicted octanol–water partition coefficient (Wildman–Crippen LogP) is 2.93. The third-order valence-corrected chi connectivity index (χ3v) is 2.35. The van der Waals surface area contributed by atoms with Crippen LogP contribution in [0, 0.1) is 5.92 Å². The minimum absolute atomic E-state index is 0.559. The lowest BCUT2D eigenvalue weighted by Crippen LogP contribution is -2.02. The van der Waals surface area contributed by atoms with E-state index in [4.69, 9.17) is 5.73 Å². The molecule has 13 heavy (non-hydrogen) atoms. The molecule has 0 bridgehead atoms. The second-order valence-corrected chi connectivity index (χ2v) is 3.69. The first-order chi connectivity index (χ1) is 6.33. The number of rotatable bonds is 5. The van der Waals surface area contributed by atoms with E-state index in [0.717, 1.165) is 6.42 Å². The van der Waals surface area contributed by atoms with Crippen LogP contribution < -0.4 is 5.73 Å². The van der Waals surface area contributed by atoms with Crippen LogP contribution in [0.4, 0.5) is 0 Å². The molecule has 0 aliphatic heterocycles. The number of hydrogen-bond donors (Lipinski definition) is 0. The van der Waals surface area contributed by atoms with Crippen molar-refractivity contribution >= 4 is 0 Å². The average molecular weight is 176 g/mol. The molecule has 0 aromatic heterocycles. The van der Waals surface area contributed by atoms with E-state index in [1.807, 2.05) is 0 Å². The van der Waals surface area contributed by atoms with Gasteiger partial charge in [0.2, 0.25) is 0 Å². The first-order valence-electron chi connectivity index (χ1n) is 5.01. The van der Waals surface area contributed by atoms with Gasteiger partial charge >= 0.3 is 0 Å². The van der Waals surface area contributed by atoms with E-state index in [9.17, 15) is 0 Å². The van der Waals surface area contributed by atoms with Crippen molar-refractivity contribution in [3.05, 3.63) is 35.9 Å². The lowest BCUT2D eigenvalue weighted by molar-refractivity contribution is 0.515. The summed E-state index contributed by atoms with van der Waals surface area (Å²) in [7, 11) is 0. The molecule has 0 spiro atoms. The molecule has 1 aromatic rings. The fraction of sp³-hybridized carbons (Fsp3) is 0.500. The molecule has 1 unspecified atom stereocenters. The fourth-order valence-electron chi connectivity index (χ4n) is 1.40. The van der Waals surface area contributed by atoms with Gasteiger partial charge in [-0.3, -0.25) is 5.73 Å². The van der Waals surface area contributed by atoms with Gasteiger partial charge in [-0.2, -0.15) is 0 Å². The highest BCUT2D eigenvalue weighted by atomic mass is 14.5. The highest BCUT2D eigenvalue weighted by Gasteiger charge is 1.98. The molecule has 1 rings (SSSR count). The molecular weight excluding hydrogens is 158 g/mol. The van der Waals surface area contributed by atoms with E-state index in [0.29, 0.717) is 12.5 Å². The summed E-state index contributed by atoms with van der Waals surface area (Å²) < 4.78 is 0. The molecule has 1 N–H and O–H groups in total. The largest absolute Gasteiger partial charge is 0.258 e. The van der Waals surface area contributed by atoms with Crippen LogP contribution in [0.2, 0.25) is 0 Å². The zero-order valence-electron chi connectivity index (χ0n) is 8.29. The Kier molecular flexibility index (Phi) is 4.55. The average Bonchev–Trinajstić information content (AvgIpc) is 2.19. The standard InChI is InChI=1S/C12H18N/c1-11(10-13)6-5-9-12-7-3-2-4-8-12/h2-4,7-8,11,13H,5-6,9-10H2,1H3. The molecule has 0 heterocycles. The third-order valence-electron chi connectivity index (χ3n) is 2.35. The lowest BCUT2D eigenvalue weighted by Gasteiger charge is -2.06. The van der Waals surface area contributed by atoms with Crippen molar-refractivity contribution in [1.82, 2.24) is 5.73 Å². The minimum atomic E-state index is 0.559. The molecule has 0 aliphatic rings. The molecule has 0 amide bonds. The second-order valence-electron chi connectivity index (χ2n) is 3.69. The summed E-state index contributed by atoms with van der Waals surface area (Å²) in [5.41, 5.74) is 8.61. The van der Waals surface area contributed by atoms with Crippen LogP contribution in [0.1, 0.15) is 25.3 Å². The topological polar surface area (TPSA) is 23.8 Å². The van der Waals surface area contributed by atoms with Gasteiger partial charge < -0.3 is 0 Å². The molecule has 1 heteroatoms. The summed E-state index contributed by atoms with van der Waals surface area (Å²) in [5, 5.41) is 0. The Morgan fingerprint density at radius 1 is 1.23 bits per heavy atom. The highest BCUT2D eigenvalue weighted by molar-refractivity contribution is 5.14. The summed E-state index contributed by atoms with van der Waals surface area (Å²) >= 11 is 0. The van der Waals surface area contributed by atoms with E-state index >= 15 is 0 Å². The number of benzene rings is 1. The van der Waals surface area contributed by atoms with Crippen LogP contribution in [-0.4, -0.2) is 6.54 Å². The monoisotopic (exact) mass is 176 g/mol. The van der Waals surface area contributed by atoms with Gasteiger partial charge in [0.15, 0.2) is 0 Å². The predicted molar refractivity (Wildman–Crippen MR) is 56.5 cm³/mol. The van der Waals surface area contributed by atoms with Gasteiger partial charge in [0.05, 0.1) is 0 Å². The van der Waals surface area contributed by atoms with Crippen LogP contribution in [0.3, 0.4) is 0 Å². The van der Waals surface area contributed by atoms with Crippen LogP contribution >= 0.6 is 0 Å². The molecule has 0 aliphatic carbocycles. The molecule has 0 saturated carbocycles. The van der Waals surface area contributed by atoms with Crippen molar-refractivity contribution in [2.75, 3.05) is 6.54 Å². The number of aryl methyl sites for hydroxylation is 1. The van der Waals surface area contributed by atoms with Crippen molar-refractivity contribution in [2.45, 2.75) is 26.2 Å². The van der Waals surface area contributed by atoms with Gasteiger partial charge in [0.25, 0.3) is 0 Å². The Balaban J connectivity index is 2.20. The zero-order valence-corrected chi connectivity index (χ0v) is 8.29. The van der Waals surface area contributed by atoms with E-state index in [1.54, 1.807) is 0 Å². The minimum Gasteiger partial charge on any atom is -0.258 e. The Labute approximate surface area is 81.0 Å². The first-order valence-corrected chi connectivity index (χ1v) is 5.01. The van der Waals surface area contributed by atoms with Gasteiger partial charge in [-0.1, -0.05) is 37.3 Å². The second kappa shape index (κ2) is 5.76. The quantitative estimate of drug-likeness (QED) is 0.658. The molecule has 1 radical (unpaired) electrons. The van der Waals surface area contributed by atoms with Crippen molar-refractivity contribution in [3.8, 4) is 0 Å². The Morgan fingerprint density at radius 3 is 2.54 bits per heavy atom. The lowest BCUT2D eigenvalue weighted by atomic mass is 10.0. The summed E-state index contributed by atoms with van der Waals surface area (Å²) in [4.78, 5) is 0. The summed E-state index contributed by atoms with van der Waals surface area (Å²) in [6.45, 7) is 2.72. The normalized spacial score (nSPS) is 12.8. The molecule has 1 aromatic carbocycles. The molecule has 0 saturated heterocycles. The smallest absolute Gasteiger partial charge is 0.0125 e. The molecular formula is C12H18N. The maximum atomic E-state index is 7.19. The summed E-state index contributed by atoms with van der Waals surface area (Å²) in [6, 6.07) is 10.6. The zero-order chi connectivity index (χ0) is 9.52. The van der Waals surface area contributed by atoms with Crippen molar-refractivity contribution < 1.29 is 0 Å². The maximum Gasteiger partial charge on any atom is 0.0125 e. The number of nitrogens with one attached hydrogen (secondary N) is 1. The van der Waals surface area contributed by atoms with E-state index in [-0.39, 0.29) is 0 Å². The fourth-order valence-corrected chi connectivity index (χ4v) is 1.40. The van der Waals surface area contributed by atoms with Crippen LogP contribution in [0.15, 0.2) is 30.3 Å². The maximum absolute atomic E-state index is 7.19. The van der Waals surface area contributed by atoms with Crippen LogP contribution in [0.25, 0.3) is 0 Å². The van der Waals surface area contributed by atoms with Crippen molar-refractivity contribution in [1.29, 1.82) is 0 Å². The van der Waals surface area contributed by atoms with Gasteiger partial charge in [-0.25, -0.2) is 0 Å². The Hall–Kier alpha value is -0.820. The van der Waals surface area contributed by atoms with Crippen LogP contribution in [-0.2, 0) is 6.42 Å². The van der Waals surface area contributed by atoms with Crippen molar-refractivity contribution in [2.24, 2.45) is 5.92 Å².